The Bertz CT molecular complexity index is 712. The van der Waals surface area contributed by atoms with Gasteiger partial charge in [-0.15, -0.1) is 12.4 Å². The third-order valence-electron chi connectivity index (χ3n) is 4.87. The Balaban J connectivity index is 0.00000243. The van der Waals surface area contributed by atoms with Crippen molar-refractivity contribution in [3.05, 3.63) is 42.5 Å². The third-order valence-corrected chi connectivity index (χ3v) is 4.87. The monoisotopic (exact) mass is 378 g/mol. The number of hydrogen-bond acceptors (Lipinski definition) is 4. The van der Waals surface area contributed by atoms with Gasteiger partial charge >= 0.3 is 0 Å². The Labute approximate surface area is 160 Å². The van der Waals surface area contributed by atoms with E-state index in [4.69, 9.17) is 9.47 Å². The number of carbonyl (C=O) groups is 1. The van der Waals surface area contributed by atoms with Gasteiger partial charge in [0, 0.05) is 19.1 Å². The summed E-state index contributed by atoms with van der Waals surface area (Å²) in [4.78, 5) is 12.2. The smallest absolute Gasteiger partial charge is 0.257 e. The molecule has 1 heterocycles. The number of rotatable bonds is 7. The van der Waals surface area contributed by atoms with Crippen LogP contribution in [0.1, 0.15) is 12.8 Å². The van der Waals surface area contributed by atoms with Crippen LogP contribution in [-0.4, -0.2) is 45.9 Å². The SMILES string of the molecule is COCC1(CNC(=O)COc2ccc3ccccc3c2)CCNCC1.Cl. The number of amides is 1. The number of hydrogen-bond donors (Lipinski definition) is 2. The van der Waals surface area contributed by atoms with Gasteiger partial charge in [0.1, 0.15) is 5.75 Å². The highest BCUT2D eigenvalue weighted by Gasteiger charge is 2.32. The molecule has 2 N–H and O–H groups in total. The largest absolute Gasteiger partial charge is 0.484 e. The van der Waals surface area contributed by atoms with E-state index in [0.717, 1.165) is 36.7 Å². The van der Waals surface area contributed by atoms with Gasteiger partial charge in [-0.1, -0.05) is 30.3 Å². The molecule has 0 spiro atoms. The van der Waals surface area contributed by atoms with Crippen molar-refractivity contribution in [1.82, 2.24) is 10.6 Å². The highest BCUT2D eigenvalue weighted by molar-refractivity contribution is 5.85. The molecule has 1 amide bonds. The molecule has 6 heteroatoms. The van der Waals surface area contributed by atoms with E-state index in [9.17, 15) is 4.79 Å². The zero-order valence-electron chi connectivity index (χ0n) is 15.1. The molecule has 0 bridgehead atoms. The maximum absolute atomic E-state index is 12.2. The molecule has 26 heavy (non-hydrogen) atoms. The van der Waals surface area contributed by atoms with Gasteiger partial charge in [0.2, 0.25) is 0 Å². The van der Waals surface area contributed by atoms with Crippen molar-refractivity contribution in [2.75, 3.05) is 40.0 Å². The first-order valence-electron chi connectivity index (χ1n) is 8.79. The molecule has 0 unspecified atom stereocenters. The maximum Gasteiger partial charge on any atom is 0.257 e. The number of halogens is 1. The summed E-state index contributed by atoms with van der Waals surface area (Å²) in [6, 6.07) is 14.0. The number of methoxy groups -OCH3 is 1. The second kappa shape index (κ2) is 9.76. The lowest BCUT2D eigenvalue weighted by Gasteiger charge is -2.37. The highest BCUT2D eigenvalue weighted by atomic mass is 35.5. The minimum absolute atomic E-state index is 0. The number of nitrogens with one attached hydrogen (secondary N) is 2. The van der Waals surface area contributed by atoms with E-state index in [2.05, 4.69) is 16.7 Å². The zero-order valence-corrected chi connectivity index (χ0v) is 15.9. The van der Waals surface area contributed by atoms with Crippen LogP contribution in [0.3, 0.4) is 0 Å². The second-order valence-electron chi connectivity index (χ2n) is 6.76. The van der Waals surface area contributed by atoms with Crippen LogP contribution in [0.15, 0.2) is 42.5 Å². The number of ether oxygens (including phenoxy) is 2. The van der Waals surface area contributed by atoms with Crippen molar-refractivity contribution in [3.63, 3.8) is 0 Å². The topological polar surface area (TPSA) is 59.6 Å². The first kappa shape index (κ1) is 20.5. The fraction of sp³-hybridized carbons (Fsp3) is 0.450. The molecular weight excluding hydrogens is 352 g/mol. The van der Waals surface area contributed by atoms with Gasteiger partial charge in [0.05, 0.1) is 6.61 Å². The van der Waals surface area contributed by atoms with E-state index in [0.29, 0.717) is 18.9 Å². The minimum Gasteiger partial charge on any atom is -0.484 e. The van der Waals surface area contributed by atoms with E-state index in [1.807, 2.05) is 36.4 Å². The highest BCUT2D eigenvalue weighted by Crippen LogP contribution is 2.28. The molecule has 1 fully saturated rings. The van der Waals surface area contributed by atoms with Gasteiger partial charge in [-0.05, 0) is 48.8 Å². The van der Waals surface area contributed by atoms with Crippen LogP contribution in [0, 0.1) is 5.41 Å². The predicted octanol–water partition coefficient (Wildman–Crippen LogP) is 2.77. The Morgan fingerprint density at radius 2 is 1.88 bits per heavy atom. The van der Waals surface area contributed by atoms with Crippen LogP contribution in [0.5, 0.6) is 5.75 Å². The van der Waals surface area contributed by atoms with Crippen molar-refractivity contribution >= 4 is 29.1 Å². The van der Waals surface area contributed by atoms with Crippen LogP contribution in [0.4, 0.5) is 0 Å². The number of carbonyl (C=O) groups excluding carboxylic acids is 1. The van der Waals surface area contributed by atoms with Gasteiger partial charge in [-0.25, -0.2) is 0 Å². The summed E-state index contributed by atoms with van der Waals surface area (Å²) in [7, 11) is 1.72. The van der Waals surface area contributed by atoms with Gasteiger partial charge < -0.3 is 20.1 Å². The molecule has 0 atom stereocenters. The van der Waals surface area contributed by atoms with Gasteiger partial charge in [0.25, 0.3) is 5.91 Å². The van der Waals surface area contributed by atoms with E-state index < -0.39 is 0 Å². The Morgan fingerprint density at radius 1 is 1.15 bits per heavy atom. The summed E-state index contributed by atoms with van der Waals surface area (Å²) in [6.45, 7) is 3.25. The molecule has 0 saturated carbocycles. The Morgan fingerprint density at radius 3 is 2.62 bits per heavy atom. The first-order chi connectivity index (χ1) is 12.2. The third kappa shape index (κ3) is 5.34. The van der Waals surface area contributed by atoms with Crippen LogP contribution in [0.2, 0.25) is 0 Å². The average molecular weight is 379 g/mol. The molecule has 5 nitrogen and oxygen atoms in total. The number of fused-ring (bicyclic) bond motifs is 1. The molecule has 3 rings (SSSR count). The lowest BCUT2D eigenvalue weighted by Crippen LogP contribution is -2.47. The van der Waals surface area contributed by atoms with Gasteiger partial charge in [-0.3, -0.25) is 4.79 Å². The van der Waals surface area contributed by atoms with E-state index in [-0.39, 0.29) is 30.3 Å². The lowest BCUT2D eigenvalue weighted by atomic mass is 9.79. The van der Waals surface area contributed by atoms with Crippen molar-refractivity contribution < 1.29 is 14.3 Å². The molecule has 0 aromatic heterocycles. The summed E-state index contributed by atoms with van der Waals surface area (Å²) >= 11 is 0. The maximum atomic E-state index is 12.2. The summed E-state index contributed by atoms with van der Waals surface area (Å²) < 4.78 is 11.0. The second-order valence-corrected chi connectivity index (χ2v) is 6.76. The Kier molecular flexibility index (Phi) is 7.69. The van der Waals surface area contributed by atoms with Crippen LogP contribution >= 0.6 is 12.4 Å². The molecular formula is C20H27ClN2O3. The van der Waals surface area contributed by atoms with Gasteiger partial charge in [0.15, 0.2) is 6.61 Å². The summed E-state index contributed by atoms with van der Waals surface area (Å²) in [5.74, 6) is 0.615. The summed E-state index contributed by atoms with van der Waals surface area (Å²) in [5.41, 5.74) is 0.0264. The Hall–Kier alpha value is -1.82. The molecule has 2 aromatic carbocycles. The first-order valence-corrected chi connectivity index (χ1v) is 8.79. The standard InChI is InChI=1S/C20H26N2O3.ClH/c1-24-15-20(8-10-21-11-9-20)14-22-19(23)13-25-18-7-6-16-4-2-3-5-17(16)12-18;/h2-7,12,21H,8-11,13-15H2,1H3,(H,22,23);1H. The molecule has 0 aliphatic carbocycles. The van der Waals surface area contributed by atoms with Gasteiger partial charge in [-0.2, -0.15) is 0 Å². The van der Waals surface area contributed by atoms with E-state index in [1.54, 1.807) is 7.11 Å². The van der Waals surface area contributed by atoms with Crippen molar-refractivity contribution in [2.45, 2.75) is 12.8 Å². The number of benzene rings is 2. The quantitative estimate of drug-likeness (QED) is 0.777. The van der Waals surface area contributed by atoms with Crippen molar-refractivity contribution in [2.24, 2.45) is 5.41 Å². The van der Waals surface area contributed by atoms with Crippen LogP contribution < -0.4 is 15.4 Å². The zero-order chi connectivity index (χ0) is 17.5. The number of piperidine rings is 1. The molecule has 142 valence electrons. The summed E-state index contributed by atoms with van der Waals surface area (Å²) in [5, 5.41) is 8.63. The molecule has 1 aliphatic heterocycles. The predicted molar refractivity (Wildman–Crippen MR) is 106 cm³/mol. The molecule has 1 aliphatic rings. The molecule has 0 radical (unpaired) electrons. The molecule has 1 saturated heterocycles. The van der Waals surface area contributed by atoms with Crippen molar-refractivity contribution in [3.8, 4) is 5.75 Å². The minimum atomic E-state index is -0.0952. The van der Waals surface area contributed by atoms with E-state index in [1.165, 1.54) is 0 Å². The molecule has 2 aromatic rings. The fourth-order valence-electron chi connectivity index (χ4n) is 3.38. The lowest BCUT2D eigenvalue weighted by molar-refractivity contribution is -0.124. The van der Waals surface area contributed by atoms with Crippen molar-refractivity contribution in [1.29, 1.82) is 0 Å². The van der Waals surface area contributed by atoms with Crippen LogP contribution in [-0.2, 0) is 9.53 Å². The van der Waals surface area contributed by atoms with E-state index >= 15 is 0 Å². The van der Waals surface area contributed by atoms with Crippen LogP contribution in [0.25, 0.3) is 10.8 Å². The fourth-order valence-corrected chi connectivity index (χ4v) is 3.38. The summed E-state index contributed by atoms with van der Waals surface area (Å²) in [6.07, 6.45) is 2.01. The average Bonchev–Trinajstić information content (AvgIpc) is 2.65. The normalized spacial score (nSPS) is 15.9.